The quantitative estimate of drug-likeness (QED) is 0.307. The molecule has 0 rings (SSSR count). The van der Waals surface area contributed by atoms with Gasteiger partial charge in [0.15, 0.2) is 0 Å². The SMILES string of the molecule is O=CCCC(CO)(CO)[N+](=O)[O-]. The monoisotopic (exact) mass is 177 g/mol. The van der Waals surface area contributed by atoms with E-state index in [9.17, 15) is 14.9 Å². The van der Waals surface area contributed by atoms with Gasteiger partial charge in [-0.1, -0.05) is 0 Å². The van der Waals surface area contributed by atoms with Gasteiger partial charge in [-0.25, -0.2) is 0 Å². The molecule has 0 spiro atoms. The van der Waals surface area contributed by atoms with Gasteiger partial charge < -0.3 is 15.0 Å². The summed E-state index contributed by atoms with van der Waals surface area (Å²) in [5, 5.41) is 27.7. The maximum atomic E-state index is 10.4. The fraction of sp³-hybridized carbons (Fsp3) is 0.833. The van der Waals surface area contributed by atoms with Gasteiger partial charge in [-0.05, 0) is 0 Å². The van der Waals surface area contributed by atoms with Crippen molar-refractivity contribution in [3.05, 3.63) is 10.1 Å². The van der Waals surface area contributed by atoms with E-state index < -0.39 is 23.7 Å². The van der Waals surface area contributed by atoms with E-state index in [0.717, 1.165) is 0 Å². The number of hydrogen-bond acceptors (Lipinski definition) is 5. The number of nitrogens with zero attached hydrogens (tertiary/aromatic N) is 1. The maximum Gasteiger partial charge on any atom is 0.267 e. The minimum Gasteiger partial charge on any atom is -0.389 e. The molecule has 0 aromatic carbocycles. The molecule has 12 heavy (non-hydrogen) atoms. The van der Waals surface area contributed by atoms with Crippen molar-refractivity contribution in [1.82, 2.24) is 0 Å². The molecule has 0 radical (unpaired) electrons. The summed E-state index contributed by atoms with van der Waals surface area (Å²) in [5.74, 6) is 0. The highest BCUT2D eigenvalue weighted by Gasteiger charge is 2.40. The molecule has 0 bridgehead atoms. The van der Waals surface area contributed by atoms with Gasteiger partial charge in [-0.15, -0.1) is 0 Å². The molecular formula is C6H11NO5. The van der Waals surface area contributed by atoms with Gasteiger partial charge in [0.1, 0.15) is 19.5 Å². The van der Waals surface area contributed by atoms with Gasteiger partial charge in [0.25, 0.3) is 5.54 Å². The van der Waals surface area contributed by atoms with Crippen molar-refractivity contribution in [2.24, 2.45) is 0 Å². The van der Waals surface area contributed by atoms with Crippen molar-refractivity contribution in [2.75, 3.05) is 13.2 Å². The van der Waals surface area contributed by atoms with Crippen LogP contribution in [0.15, 0.2) is 0 Å². The summed E-state index contributed by atoms with van der Waals surface area (Å²) in [6.45, 7) is -1.52. The normalized spacial score (nSPS) is 11.2. The molecule has 0 aliphatic heterocycles. The fourth-order valence-corrected chi connectivity index (χ4v) is 0.742. The van der Waals surface area contributed by atoms with Gasteiger partial charge in [0.2, 0.25) is 0 Å². The zero-order valence-corrected chi connectivity index (χ0v) is 6.47. The first-order valence-electron chi connectivity index (χ1n) is 3.43. The van der Waals surface area contributed by atoms with E-state index in [1.807, 2.05) is 0 Å². The van der Waals surface area contributed by atoms with Gasteiger partial charge in [0, 0.05) is 17.8 Å². The fourth-order valence-electron chi connectivity index (χ4n) is 0.742. The zero-order chi connectivity index (χ0) is 9.61. The van der Waals surface area contributed by atoms with Crippen LogP contribution in [-0.4, -0.2) is 40.2 Å². The average molecular weight is 177 g/mol. The number of nitro groups is 1. The van der Waals surface area contributed by atoms with Crippen LogP contribution >= 0.6 is 0 Å². The Balaban J connectivity index is 4.34. The Labute approximate surface area is 69.0 Å². The number of aldehydes is 1. The lowest BCUT2D eigenvalue weighted by molar-refractivity contribution is -0.578. The summed E-state index contributed by atoms with van der Waals surface area (Å²) >= 11 is 0. The van der Waals surface area contributed by atoms with Crippen LogP contribution in [0.4, 0.5) is 0 Å². The Morgan fingerprint density at radius 1 is 1.42 bits per heavy atom. The number of aliphatic hydroxyl groups excluding tert-OH is 2. The molecule has 0 aliphatic rings. The number of rotatable bonds is 6. The van der Waals surface area contributed by atoms with E-state index >= 15 is 0 Å². The van der Waals surface area contributed by atoms with Crippen molar-refractivity contribution in [3.63, 3.8) is 0 Å². The minimum absolute atomic E-state index is 0.0396. The lowest BCUT2D eigenvalue weighted by atomic mass is 9.97. The summed E-state index contributed by atoms with van der Waals surface area (Å²) in [4.78, 5) is 19.5. The molecule has 70 valence electrons. The van der Waals surface area contributed by atoms with Crippen LogP contribution in [0.3, 0.4) is 0 Å². The standard InChI is InChI=1S/C6H11NO5/c8-3-1-2-6(4-9,5-10)7(11)12/h3,9-10H,1-2,4-5H2. The second-order valence-electron chi connectivity index (χ2n) is 2.50. The van der Waals surface area contributed by atoms with Crippen molar-refractivity contribution in [2.45, 2.75) is 18.4 Å². The van der Waals surface area contributed by atoms with Crippen LogP contribution in [-0.2, 0) is 4.79 Å². The summed E-state index contributed by atoms with van der Waals surface area (Å²) in [5.41, 5.74) is -1.76. The average Bonchev–Trinajstić information content (AvgIpc) is 2.07. The number of carbonyl (C=O) groups excluding carboxylic acids is 1. The molecule has 2 N–H and O–H groups in total. The molecule has 0 saturated heterocycles. The Kier molecular flexibility index (Phi) is 4.38. The first-order chi connectivity index (χ1) is 5.63. The maximum absolute atomic E-state index is 10.4. The molecule has 6 heteroatoms. The molecule has 0 heterocycles. The van der Waals surface area contributed by atoms with E-state index in [1.54, 1.807) is 0 Å². The van der Waals surface area contributed by atoms with E-state index in [4.69, 9.17) is 10.2 Å². The van der Waals surface area contributed by atoms with Crippen LogP contribution in [0, 0.1) is 10.1 Å². The van der Waals surface area contributed by atoms with E-state index in [1.165, 1.54) is 0 Å². The Hall–Kier alpha value is -1.01. The number of hydrogen-bond donors (Lipinski definition) is 2. The largest absolute Gasteiger partial charge is 0.389 e. The lowest BCUT2D eigenvalue weighted by Gasteiger charge is -2.19. The second-order valence-corrected chi connectivity index (χ2v) is 2.50. The summed E-state index contributed by atoms with van der Waals surface area (Å²) in [6.07, 6.45) is 0.335. The molecule has 0 aromatic rings. The lowest BCUT2D eigenvalue weighted by Crippen LogP contribution is -2.45. The Bertz CT molecular complexity index is 165. The van der Waals surface area contributed by atoms with E-state index in [0.29, 0.717) is 6.29 Å². The Morgan fingerprint density at radius 2 is 1.92 bits per heavy atom. The molecule has 0 atom stereocenters. The van der Waals surface area contributed by atoms with Gasteiger partial charge in [0.05, 0.1) is 0 Å². The molecule has 0 amide bonds. The van der Waals surface area contributed by atoms with Crippen LogP contribution < -0.4 is 0 Å². The second kappa shape index (κ2) is 4.78. The zero-order valence-electron chi connectivity index (χ0n) is 6.47. The van der Waals surface area contributed by atoms with Crippen molar-refractivity contribution >= 4 is 6.29 Å². The Morgan fingerprint density at radius 3 is 2.17 bits per heavy atom. The molecule has 0 aromatic heterocycles. The topological polar surface area (TPSA) is 101 Å². The van der Waals surface area contributed by atoms with Crippen molar-refractivity contribution in [3.8, 4) is 0 Å². The molecule has 0 aliphatic carbocycles. The molecular weight excluding hydrogens is 166 g/mol. The third-order valence-electron chi connectivity index (χ3n) is 1.70. The molecule has 6 nitrogen and oxygen atoms in total. The number of aliphatic hydroxyl groups is 2. The van der Waals surface area contributed by atoms with Crippen LogP contribution in [0.1, 0.15) is 12.8 Å². The predicted molar refractivity (Wildman–Crippen MR) is 39.2 cm³/mol. The summed E-state index contributed by atoms with van der Waals surface area (Å²) in [6, 6.07) is 0. The van der Waals surface area contributed by atoms with Gasteiger partial charge in [-0.2, -0.15) is 0 Å². The number of carbonyl (C=O) groups is 1. The summed E-state index contributed by atoms with van der Waals surface area (Å²) in [7, 11) is 0. The van der Waals surface area contributed by atoms with Gasteiger partial charge in [-0.3, -0.25) is 10.1 Å². The van der Waals surface area contributed by atoms with Crippen molar-refractivity contribution in [1.29, 1.82) is 0 Å². The molecule has 0 fully saturated rings. The summed E-state index contributed by atoms with van der Waals surface area (Å²) < 4.78 is 0. The third kappa shape index (κ3) is 2.24. The van der Waals surface area contributed by atoms with Crippen LogP contribution in [0.2, 0.25) is 0 Å². The highest BCUT2D eigenvalue weighted by molar-refractivity contribution is 5.49. The highest BCUT2D eigenvalue weighted by Crippen LogP contribution is 2.14. The first kappa shape index (κ1) is 11.0. The minimum atomic E-state index is -1.76. The van der Waals surface area contributed by atoms with E-state index in [-0.39, 0.29) is 12.8 Å². The van der Waals surface area contributed by atoms with Crippen LogP contribution in [0.25, 0.3) is 0 Å². The molecule has 0 saturated carbocycles. The van der Waals surface area contributed by atoms with E-state index in [2.05, 4.69) is 0 Å². The predicted octanol–water partition coefficient (Wildman–Crippen LogP) is -1.03. The first-order valence-corrected chi connectivity index (χ1v) is 3.43. The van der Waals surface area contributed by atoms with Crippen LogP contribution in [0.5, 0.6) is 0 Å². The molecule has 0 unspecified atom stereocenters. The third-order valence-corrected chi connectivity index (χ3v) is 1.70. The van der Waals surface area contributed by atoms with Crippen molar-refractivity contribution < 1.29 is 19.9 Å². The van der Waals surface area contributed by atoms with Gasteiger partial charge >= 0.3 is 0 Å². The smallest absolute Gasteiger partial charge is 0.267 e. The highest BCUT2D eigenvalue weighted by atomic mass is 16.6.